The minimum absolute atomic E-state index is 0.101. The van der Waals surface area contributed by atoms with E-state index in [1.165, 1.54) is 4.90 Å². The normalized spacial score (nSPS) is 13.7. The molecular formula is C29H24N2O4. The van der Waals surface area contributed by atoms with Crippen LogP contribution in [0.4, 0.5) is 0 Å². The largest absolute Gasteiger partial charge is 0.508 e. The molecule has 1 aliphatic heterocycles. The minimum Gasteiger partial charge on any atom is -0.508 e. The fourth-order valence-corrected chi connectivity index (χ4v) is 4.63. The number of carbonyl (C=O) groups is 3. The van der Waals surface area contributed by atoms with Gasteiger partial charge in [0.15, 0.2) is 0 Å². The Kier molecular flexibility index (Phi) is 6.02. The Hall–Kier alpha value is -4.45. The van der Waals surface area contributed by atoms with Crippen LogP contribution in [0.5, 0.6) is 5.75 Å². The SMILES string of the molecule is O=C(CCCN1C(=O)c2ccccc2C1=O)NC(c1ccccc1)c1c(O)ccc2ccccc12. The lowest BCUT2D eigenvalue weighted by Gasteiger charge is -2.23. The van der Waals surface area contributed by atoms with Gasteiger partial charge in [0.05, 0.1) is 17.2 Å². The van der Waals surface area contributed by atoms with Crippen LogP contribution in [0, 0.1) is 0 Å². The maximum absolute atomic E-state index is 13.0. The predicted molar refractivity (Wildman–Crippen MR) is 133 cm³/mol. The number of imide groups is 1. The molecule has 6 heteroatoms. The van der Waals surface area contributed by atoms with Crippen LogP contribution in [-0.2, 0) is 4.79 Å². The minimum atomic E-state index is -0.561. The van der Waals surface area contributed by atoms with Gasteiger partial charge in [0.1, 0.15) is 5.75 Å². The van der Waals surface area contributed by atoms with Gasteiger partial charge in [0.25, 0.3) is 11.8 Å². The average molecular weight is 465 g/mol. The van der Waals surface area contributed by atoms with Crippen molar-refractivity contribution in [3.63, 3.8) is 0 Å². The van der Waals surface area contributed by atoms with Gasteiger partial charge in [-0.3, -0.25) is 19.3 Å². The first-order chi connectivity index (χ1) is 17.0. The van der Waals surface area contributed by atoms with Crippen molar-refractivity contribution in [1.29, 1.82) is 0 Å². The maximum Gasteiger partial charge on any atom is 0.261 e. The lowest BCUT2D eigenvalue weighted by Crippen LogP contribution is -2.33. The fourth-order valence-electron chi connectivity index (χ4n) is 4.63. The van der Waals surface area contributed by atoms with Crippen molar-refractivity contribution in [1.82, 2.24) is 10.2 Å². The number of phenolic OH excluding ortho intramolecular Hbond substituents is 1. The van der Waals surface area contributed by atoms with Crippen molar-refractivity contribution in [2.45, 2.75) is 18.9 Å². The number of benzene rings is 4. The summed E-state index contributed by atoms with van der Waals surface area (Å²) in [7, 11) is 0. The van der Waals surface area contributed by atoms with Crippen molar-refractivity contribution in [3.8, 4) is 5.75 Å². The summed E-state index contributed by atoms with van der Waals surface area (Å²) >= 11 is 0. The highest BCUT2D eigenvalue weighted by atomic mass is 16.3. The maximum atomic E-state index is 13.0. The molecule has 0 saturated carbocycles. The van der Waals surface area contributed by atoms with Gasteiger partial charge in [-0.15, -0.1) is 0 Å². The van der Waals surface area contributed by atoms with E-state index in [-0.39, 0.29) is 36.4 Å². The van der Waals surface area contributed by atoms with Gasteiger partial charge in [-0.25, -0.2) is 0 Å². The Labute approximate surface area is 202 Å². The lowest BCUT2D eigenvalue weighted by molar-refractivity contribution is -0.121. The number of nitrogens with zero attached hydrogens (tertiary/aromatic N) is 1. The molecule has 1 unspecified atom stereocenters. The highest BCUT2D eigenvalue weighted by Gasteiger charge is 2.34. The third kappa shape index (κ3) is 4.26. The van der Waals surface area contributed by atoms with Gasteiger partial charge in [-0.2, -0.15) is 0 Å². The number of phenols is 1. The third-order valence-corrected chi connectivity index (χ3v) is 6.34. The Morgan fingerprint density at radius 1 is 0.800 bits per heavy atom. The van der Waals surface area contributed by atoms with Gasteiger partial charge in [0, 0.05) is 18.5 Å². The molecule has 0 spiro atoms. The first-order valence-corrected chi connectivity index (χ1v) is 11.5. The number of fused-ring (bicyclic) bond motifs is 2. The zero-order chi connectivity index (χ0) is 24.4. The number of aromatic hydroxyl groups is 1. The second-order valence-electron chi connectivity index (χ2n) is 8.54. The fraction of sp³-hybridized carbons (Fsp3) is 0.138. The number of amides is 3. The molecule has 0 radical (unpaired) electrons. The molecule has 1 atom stereocenters. The summed E-state index contributed by atoms with van der Waals surface area (Å²) in [6.45, 7) is 0.162. The second-order valence-corrected chi connectivity index (χ2v) is 8.54. The molecule has 0 saturated heterocycles. The van der Waals surface area contributed by atoms with E-state index in [1.807, 2.05) is 60.7 Å². The Balaban J connectivity index is 1.33. The Morgan fingerprint density at radius 3 is 2.14 bits per heavy atom. The highest BCUT2D eigenvalue weighted by molar-refractivity contribution is 6.21. The summed E-state index contributed by atoms with van der Waals surface area (Å²) in [6, 6.07) is 26.9. The quantitative estimate of drug-likeness (QED) is 0.384. The first-order valence-electron chi connectivity index (χ1n) is 11.5. The van der Waals surface area contributed by atoms with Crippen LogP contribution in [0.1, 0.15) is 50.7 Å². The van der Waals surface area contributed by atoms with E-state index in [1.54, 1.807) is 30.3 Å². The van der Waals surface area contributed by atoms with Crippen molar-refractivity contribution in [2.75, 3.05) is 6.54 Å². The molecule has 4 aromatic rings. The Bertz CT molecular complexity index is 1400. The van der Waals surface area contributed by atoms with Crippen molar-refractivity contribution in [3.05, 3.63) is 113 Å². The molecule has 3 amide bonds. The van der Waals surface area contributed by atoms with Gasteiger partial charge in [-0.05, 0) is 41.0 Å². The molecule has 0 aliphatic carbocycles. The number of nitrogens with one attached hydrogen (secondary N) is 1. The summed E-state index contributed by atoms with van der Waals surface area (Å²) in [5, 5.41) is 15.7. The summed E-state index contributed by atoms with van der Waals surface area (Å²) in [6.07, 6.45) is 0.461. The first kappa shape index (κ1) is 22.3. The van der Waals surface area contributed by atoms with Crippen LogP contribution in [0.2, 0.25) is 0 Å². The summed E-state index contributed by atoms with van der Waals surface area (Å²) in [5.74, 6) is -0.783. The van der Waals surface area contributed by atoms with E-state index in [0.717, 1.165) is 16.3 Å². The van der Waals surface area contributed by atoms with Gasteiger partial charge >= 0.3 is 0 Å². The van der Waals surface area contributed by atoms with Crippen LogP contribution < -0.4 is 5.32 Å². The zero-order valence-electron chi connectivity index (χ0n) is 19.0. The average Bonchev–Trinajstić information content (AvgIpc) is 3.13. The van der Waals surface area contributed by atoms with Crippen LogP contribution in [0.25, 0.3) is 10.8 Å². The van der Waals surface area contributed by atoms with Gasteiger partial charge < -0.3 is 10.4 Å². The molecule has 1 heterocycles. The molecule has 1 aliphatic rings. The smallest absolute Gasteiger partial charge is 0.261 e. The van der Waals surface area contributed by atoms with Crippen LogP contribution >= 0.6 is 0 Å². The number of hydrogen-bond donors (Lipinski definition) is 2. The molecular weight excluding hydrogens is 440 g/mol. The lowest BCUT2D eigenvalue weighted by atomic mass is 9.92. The molecule has 6 nitrogen and oxygen atoms in total. The monoisotopic (exact) mass is 464 g/mol. The number of rotatable bonds is 7. The van der Waals surface area contributed by atoms with Gasteiger partial charge in [0.2, 0.25) is 5.91 Å². The number of carbonyl (C=O) groups excluding carboxylic acids is 3. The molecule has 5 rings (SSSR count). The molecule has 35 heavy (non-hydrogen) atoms. The highest BCUT2D eigenvalue weighted by Crippen LogP contribution is 2.36. The topological polar surface area (TPSA) is 86.7 Å². The molecule has 174 valence electrons. The van der Waals surface area contributed by atoms with Crippen LogP contribution in [-0.4, -0.2) is 34.3 Å². The van der Waals surface area contributed by atoms with Crippen molar-refractivity contribution >= 4 is 28.5 Å². The zero-order valence-corrected chi connectivity index (χ0v) is 19.0. The second kappa shape index (κ2) is 9.43. The summed E-state index contributed by atoms with van der Waals surface area (Å²) < 4.78 is 0. The summed E-state index contributed by atoms with van der Waals surface area (Å²) in [5.41, 5.74) is 2.27. The molecule has 2 N–H and O–H groups in total. The van der Waals surface area contributed by atoms with E-state index < -0.39 is 6.04 Å². The molecule has 4 aromatic carbocycles. The van der Waals surface area contributed by atoms with E-state index in [4.69, 9.17) is 0 Å². The number of hydrogen-bond acceptors (Lipinski definition) is 4. The molecule has 0 fully saturated rings. The van der Waals surface area contributed by atoms with Crippen LogP contribution in [0.3, 0.4) is 0 Å². The third-order valence-electron chi connectivity index (χ3n) is 6.34. The molecule has 0 bridgehead atoms. The van der Waals surface area contributed by atoms with Crippen molar-refractivity contribution < 1.29 is 19.5 Å². The Morgan fingerprint density at radius 2 is 1.43 bits per heavy atom. The standard InChI is InChI=1S/C29H24N2O4/c32-24-17-16-19-9-4-5-12-21(19)26(24)27(20-10-2-1-3-11-20)30-25(33)15-8-18-31-28(34)22-13-6-7-14-23(22)29(31)35/h1-7,9-14,16-17,27,32H,8,15,18H2,(H,30,33). The van der Waals surface area contributed by atoms with E-state index in [0.29, 0.717) is 23.1 Å². The van der Waals surface area contributed by atoms with Crippen LogP contribution in [0.15, 0.2) is 91.0 Å². The van der Waals surface area contributed by atoms with E-state index in [2.05, 4.69) is 5.32 Å². The predicted octanol–water partition coefficient (Wildman–Crippen LogP) is 4.83. The van der Waals surface area contributed by atoms with Gasteiger partial charge in [-0.1, -0.05) is 72.8 Å². The van der Waals surface area contributed by atoms with Crippen molar-refractivity contribution in [2.24, 2.45) is 0 Å². The van der Waals surface area contributed by atoms with E-state index in [9.17, 15) is 19.5 Å². The van der Waals surface area contributed by atoms with E-state index >= 15 is 0 Å². The molecule has 0 aromatic heterocycles. The summed E-state index contributed by atoms with van der Waals surface area (Å²) in [4.78, 5) is 39.4.